The van der Waals surface area contributed by atoms with Gasteiger partial charge in [0.15, 0.2) is 5.96 Å². The van der Waals surface area contributed by atoms with E-state index in [9.17, 15) is 4.79 Å². The van der Waals surface area contributed by atoms with Gasteiger partial charge < -0.3 is 27.2 Å². The minimum Gasteiger partial charge on any atom is -0.481 e. The number of aliphatic carboxylic acids is 1. The maximum Gasteiger partial charge on any atom is 0.303 e. The third-order valence-corrected chi connectivity index (χ3v) is 1.25. The van der Waals surface area contributed by atoms with E-state index < -0.39 is 5.97 Å². The third kappa shape index (κ3) is 14.7. The van der Waals surface area contributed by atoms with Gasteiger partial charge >= 0.3 is 5.97 Å². The smallest absolute Gasteiger partial charge is 0.303 e. The summed E-state index contributed by atoms with van der Waals surface area (Å²) in [7, 11) is 3.38. The van der Waals surface area contributed by atoms with Crippen molar-refractivity contribution in [3.63, 3.8) is 0 Å². The monoisotopic (exact) mass is 232 g/mol. The summed E-state index contributed by atoms with van der Waals surface area (Å²) < 4.78 is 0. The van der Waals surface area contributed by atoms with E-state index in [0.29, 0.717) is 13.0 Å². The largest absolute Gasteiger partial charge is 0.481 e. The molecule has 8 heteroatoms. The van der Waals surface area contributed by atoms with Crippen LogP contribution in [0.2, 0.25) is 0 Å². The molecule has 0 rings (SSSR count). The summed E-state index contributed by atoms with van der Waals surface area (Å²) in [6.45, 7) is 0.465. The Bertz CT molecular complexity index is 247. The second-order valence-electron chi connectivity index (χ2n) is 3.04. The Labute approximate surface area is 94.6 Å². The SMILES string of the molecule is CN(C)C(=N)N=C(N)N.NCCCC(=O)O. The summed E-state index contributed by atoms with van der Waals surface area (Å²) >= 11 is 0. The van der Waals surface area contributed by atoms with Gasteiger partial charge in [-0.3, -0.25) is 10.2 Å². The molecule has 0 atom stereocenters. The Morgan fingerprint density at radius 1 is 1.44 bits per heavy atom. The molecule has 8 nitrogen and oxygen atoms in total. The molecule has 0 bridgehead atoms. The van der Waals surface area contributed by atoms with Gasteiger partial charge in [0.2, 0.25) is 5.96 Å². The van der Waals surface area contributed by atoms with E-state index in [0.717, 1.165) is 0 Å². The summed E-state index contributed by atoms with van der Waals surface area (Å²) in [5.41, 5.74) is 15.0. The second-order valence-corrected chi connectivity index (χ2v) is 3.04. The molecular formula is C8H20N6O2. The highest BCUT2D eigenvalue weighted by atomic mass is 16.4. The van der Waals surface area contributed by atoms with Gasteiger partial charge in [0, 0.05) is 20.5 Å². The van der Waals surface area contributed by atoms with Crippen molar-refractivity contribution in [1.29, 1.82) is 5.41 Å². The van der Waals surface area contributed by atoms with E-state index in [1.807, 2.05) is 0 Å². The topological polar surface area (TPSA) is 155 Å². The first-order valence-electron chi connectivity index (χ1n) is 4.58. The van der Waals surface area contributed by atoms with Gasteiger partial charge in [0.05, 0.1) is 0 Å². The average molecular weight is 232 g/mol. The van der Waals surface area contributed by atoms with Crippen LogP contribution in [0.1, 0.15) is 12.8 Å². The highest BCUT2D eigenvalue weighted by molar-refractivity contribution is 5.91. The van der Waals surface area contributed by atoms with E-state index >= 15 is 0 Å². The number of hydrogen-bond acceptors (Lipinski definition) is 3. The molecule has 0 spiro atoms. The zero-order valence-electron chi connectivity index (χ0n) is 9.60. The second kappa shape index (κ2) is 9.71. The number of guanidine groups is 2. The van der Waals surface area contributed by atoms with Gasteiger partial charge in [-0.1, -0.05) is 0 Å². The molecule has 94 valence electrons. The Morgan fingerprint density at radius 2 is 1.94 bits per heavy atom. The van der Waals surface area contributed by atoms with Crippen molar-refractivity contribution in [2.24, 2.45) is 22.2 Å². The first-order chi connectivity index (χ1) is 7.31. The first-order valence-corrected chi connectivity index (χ1v) is 4.58. The summed E-state index contributed by atoms with van der Waals surface area (Å²) in [5, 5.41) is 15.0. The molecule has 0 aliphatic rings. The molecule has 0 aromatic carbocycles. The van der Waals surface area contributed by atoms with E-state index in [2.05, 4.69) is 4.99 Å². The molecule has 0 aromatic heterocycles. The molecule has 0 amide bonds. The lowest BCUT2D eigenvalue weighted by atomic mass is 10.3. The lowest BCUT2D eigenvalue weighted by Crippen LogP contribution is -2.28. The number of hydrogen-bond donors (Lipinski definition) is 5. The van der Waals surface area contributed by atoms with Gasteiger partial charge in [0.25, 0.3) is 0 Å². The normalized spacial score (nSPS) is 8.44. The number of rotatable bonds is 3. The summed E-state index contributed by atoms with van der Waals surface area (Å²) in [4.78, 5) is 14.7. The minimum atomic E-state index is -0.773. The number of nitrogens with one attached hydrogen (secondary N) is 1. The van der Waals surface area contributed by atoms with Crippen LogP contribution in [0.15, 0.2) is 4.99 Å². The molecule has 0 heterocycles. The fraction of sp³-hybridized carbons (Fsp3) is 0.625. The molecule has 0 saturated carbocycles. The van der Waals surface area contributed by atoms with E-state index in [1.165, 1.54) is 4.90 Å². The summed E-state index contributed by atoms with van der Waals surface area (Å²) in [6.07, 6.45) is 0.770. The number of aliphatic imine (C=N–C) groups is 1. The van der Waals surface area contributed by atoms with Crippen LogP contribution in [0.5, 0.6) is 0 Å². The van der Waals surface area contributed by atoms with Crippen LogP contribution >= 0.6 is 0 Å². The van der Waals surface area contributed by atoms with Crippen LogP contribution in [0.25, 0.3) is 0 Å². The first kappa shape index (κ1) is 16.6. The molecule has 0 saturated heterocycles. The fourth-order valence-corrected chi connectivity index (χ4v) is 0.476. The van der Waals surface area contributed by atoms with Crippen LogP contribution in [0.4, 0.5) is 0 Å². The van der Waals surface area contributed by atoms with Crippen molar-refractivity contribution >= 4 is 17.9 Å². The standard InChI is InChI=1S/C4H11N5.C4H9NO2/c1-9(2)4(7)8-3(5)6;5-3-1-2-4(6)7/h1-2H3,(H5,5,6,7,8);1-3,5H2,(H,6,7). The quantitative estimate of drug-likeness (QED) is 0.296. The minimum absolute atomic E-state index is 0.0509. The van der Waals surface area contributed by atoms with Gasteiger partial charge in [-0.05, 0) is 13.0 Å². The van der Waals surface area contributed by atoms with E-state index in [1.54, 1.807) is 14.1 Å². The predicted molar refractivity (Wildman–Crippen MR) is 63.1 cm³/mol. The highest BCUT2D eigenvalue weighted by Crippen LogP contribution is 1.82. The maximum absolute atomic E-state index is 9.70. The zero-order valence-corrected chi connectivity index (χ0v) is 9.60. The lowest BCUT2D eigenvalue weighted by molar-refractivity contribution is -0.137. The number of carboxylic acids is 1. The number of carbonyl (C=O) groups is 1. The van der Waals surface area contributed by atoms with Gasteiger partial charge in [-0.15, -0.1) is 0 Å². The van der Waals surface area contributed by atoms with Crippen LogP contribution in [0.3, 0.4) is 0 Å². The molecule has 0 aliphatic heterocycles. The van der Waals surface area contributed by atoms with Crippen molar-refractivity contribution in [2.75, 3.05) is 20.6 Å². The number of nitrogens with zero attached hydrogens (tertiary/aromatic N) is 2. The van der Waals surface area contributed by atoms with Gasteiger partial charge in [-0.25, -0.2) is 0 Å². The third-order valence-electron chi connectivity index (χ3n) is 1.25. The molecule has 0 unspecified atom stereocenters. The van der Waals surface area contributed by atoms with Gasteiger partial charge in [-0.2, -0.15) is 4.99 Å². The molecule has 0 radical (unpaired) electrons. The van der Waals surface area contributed by atoms with Crippen molar-refractivity contribution in [3.05, 3.63) is 0 Å². The lowest BCUT2D eigenvalue weighted by Gasteiger charge is -2.07. The van der Waals surface area contributed by atoms with Crippen molar-refractivity contribution in [1.82, 2.24) is 4.90 Å². The molecule has 0 aliphatic carbocycles. The predicted octanol–water partition coefficient (Wildman–Crippen LogP) is -1.43. The molecule has 0 aromatic rings. The van der Waals surface area contributed by atoms with Crippen molar-refractivity contribution in [3.8, 4) is 0 Å². The molecule has 8 N–H and O–H groups in total. The Hall–Kier alpha value is -1.83. The summed E-state index contributed by atoms with van der Waals surface area (Å²) in [6, 6.07) is 0. The maximum atomic E-state index is 9.70. The Morgan fingerprint density at radius 3 is 2.06 bits per heavy atom. The van der Waals surface area contributed by atoms with E-state index in [-0.39, 0.29) is 18.3 Å². The van der Waals surface area contributed by atoms with Crippen LogP contribution in [-0.4, -0.2) is 48.5 Å². The number of carboxylic acid groups (broad SMARTS) is 1. The fourth-order valence-electron chi connectivity index (χ4n) is 0.476. The van der Waals surface area contributed by atoms with Crippen LogP contribution in [0, 0.1) is 5.41 Å². The van der Waals surface area contributed by atoms with Gasteiger partial charge in [0.1, 0.15) is 0 Å². The van der Waals surface area contributed by atoms with Crippen molar-refractivity contribution < 1.29 is 9.90 Å². The van der Waals surface area contributed by atoms with E-state index in [4.69, 9.17) is 27.7 Å². The molecule has 0 fully saturated rings. The number of nitrogens with two attached hydrogens (primary N) is 3. The van der Waals surface area contributed by atoms with Crippen LogP contribution in [-0.2, 0) is 4.79 Å². The summed E-state index contributed by atoms with van der Waals surface area (Å²) in [5.74, 6) is -0.811. The van der Waals surface area contributed by atoms with Crippen molar-refractivity contribution in [2.45, 2.75) is 12.8 Å². The molecule has 16 heavy (non-hydrogen) atoms. The zero-order chi connectivity index (χ0) is 13.1. The average Bonchev–Trinajstić information content (AvgIpc) is 2.14. The Balaban J connectivity index is 0. The molecular weight excluding hydrogens is 212 g/mol. The van der Waals surface area contributed by atoms with Crippen LogP contribution < -0.4 is 17.2 Å². The highest BCUT2D eigenvalue weighted by Gasteiger charge is 1.93. The Kier molecular flexibility index (Phi) is 10.1.